The van der Waals surface area contributed by atoms with Crippen LogP contribution >= 0.6 is 34.4 Å². The number of nitrogens with zero attached hydrogens (tertiary/aromatic N) is 3. The van der Waals surface area contributed by atoms with Gasteiger partial charge >= 0.3 is 0 Å². The van der Waals surface area contributed by atoms with Gasteiger partial charge in [0.25, 0.3) is 0 Å². The summed E-state index contributed by atoms with van der Waals surface area (Å²) in [5.41, 5.74) is 4.09. The summed E-state index contributed by atoms with van der Waals surface area (Å²) in [6, 6.07) is 14.1. The van der Waals surface area contributed by atoms with Crippen molar-refractivity contribution in [2.24, 2.45) is 7.05 Å². The van der Waals surface area contributed by atoms with Crippen molar-refractivity contribution in [1.29, 1.82) is 0 Å². The van der Waals surface area contributed by atoms with Gasteiger partial charge in [-0.1, -0.05) is 35.5 Å². The summed E-state index contributed by atoms with van der Waals surface area (Å²) < 4.78 is 3.07. The van der Waals surface area contributed by atoms with Gasteiger partial charge in [-0.15, -0.1) is 10.2 Å². The van der Waals surface area contributed by atoms with E-state index in [9.17, 15) is 4.79 Å². The third-order valence-electron chi connectivity index (χ3n) is 3.91. The minimum absolute atomic E-state index is 0.0561. The van der Waals surface area contributed by atoms with Crippen molar-refractivity contribution in [2.45, 2.75) is 19.0 Å². The lowest BCUT2D eigenvalue weighted by molar-refractivity contribution is -0.113. The van der Waals surface area contributed by atoms with Gasteiger partial charge < -0.3 is 9.88 Å². The van der Waals surface area contributed by atoms with Crippen LogP contribution in [0, 0.1) is 17.4 Å². The molecule has 0 aliphatic carbocycles. The van der Waals surface area contributed by atoms with Gasteiger partial charge in [0.15, 0.2) is 11.0 Å². The fourth-order valence-electron chi connectivity index (χ4n) is 2.56. The van der Waals surface area contributed by atoms with Crippen LogP contribution in [0.2, 0.25) is 0 Å². The van der Waals surface area contributed by atoms with E-state index in [0.717, 1.165) is 31.4 Å². The minimum atomic E-state index is -0.0561. The summed E-state index contributed by atoms with van der Waals surface area (Å²) in [5.74, 6) is 1.02. The highest BCUT2D eigenvalue weighted by Gasteiger charge is 2.13. The summed E-state index contributed by atoms with van der Waals surface area (Å²) >= 11 is 3.64. The second-order valence-electron chi connectivity index (χ2n) is 6.03. The quantitative estimate of drug-likeness (QED) is 0.436. The van der Waals surface area contributed by atoms with Crippen molar-refractivity contribution < 1.29 is 4.79 Å². The van der Waals surface area contributed by atoms with E-state index in [1.165, 1.54) is 17.3 Å². The number of amides is 1. The number of thioether (sulfide) groups is 1. The van der Waals surface area contributed by atoms with Crippen LogP contribution in [0.4, 0.5) is 5.69 Å². The molecule has 3 rings (SSSR count). The van der Waals surface area contributed by atoms with E-state index in [2.05, 4.69) is 44.2 Å². The summed E-state index contributed by atoms with van der Waals surface area (Å²) in [5, 5.41) is 12.2. The smallest absolute Gasteiger partial charge is 0.234 e. The average molecular weight is 478 g/mol. The number of halogens is 1. The van der Waals surface area contributed by atoms with E-state index in [1.807, 2.05) is 61.9 Å². The minimum Gasteiger partial charge on any atom is -0.325 e. The second-order valence-corrected chi connectivity index (χ2v) is 8.22. The molecule has 5 nitrogen and oxygen atoms in total. The Labute approximate surface area is 170 Å². The fraction of sp³-hybridized carbons (Fsp3) is 0.211. The summed E-state index contributed by atoms with van der Waals surface area (Å²) in [6.07, 6.45) is 0. The summed E-state index contributed by atoms with van der Waals surface area (Å²) in [6.45, 7) is 4.04. The molecule has 1 heterocycles. The maximum atomic E-state index is 12.3. The Morgan fingerprint density at radius 2 is 2.00 bits per heavy atom. The zero-order valence-electron chi connectivity index (χ0n) is 14.8. The number of aromatic nitrogens is 3. The summed E-state index contributed by atoms with van der Waals surface area (Å²) in [4.78, 5) is 12.3. The van der Waals surface area contributed by atoms with E-state index >= 15 is 0 Å². The number of carbonyl (C=O) groups is 1. The molecule has 1 aromatic heterocycles. The van der Waals surface area contributed by atoms with Gasteiger partial charge in [-0.3, -0.25) is 4.79 Å². The van der Waals surface area contributed by atoms with E-state index < -0.39 is 0 Å². The van der Waals surface area contributed by atoms with E-state index in [-0.39, 0.29) is 11.7 Å². The van der Waals surface area contributed by atoms with Crippen LogP contribution in [0.1, 0.15) is 11.1 Å². The van der Waals surface area contributed by atoms with Gasteiger partial charge in [0.2, 0.25) is 5.91 Å². The lowest BCUT2D eigenvalue weighted by Crippen LogP contribution is -2.15. The number of benzene rings is 2. The topological polar surface area (TPSA) is 59.8 Å². The highest BCUT2D eigenvalue weighted by molar-refractivity contribution is 14.1. The number of anilines is 1. The fourth-order valence-corrected chi connectivity index (χ4v) is 3.92. The number of carbonyl (C=O) groups excluding carboxylic acids is 1. The zero-order valence-corrected chi connectivity index (χ0v) is 17.8. The third-order valence-corrected chi connectivity index (χ3v) is 5.60. The molecule has 7 heteroatoms. The molecular formula is C19H19IN4OS. The zero-order chi connectivity index (χ0) is 18.7. The molecule has 0 aliphatic rings. The van der Waals surface area contributed by atoms with Crippen LogP contribution in [-0.4, -0.2) is 26.4 Å². The Bertz CT molecular complexity index is 954. The maximum Gasteiger partial charge on any atom is 0.234 e. The van der Waals surface area contributed by atoms with Crippen molar-refractivity contribution in [2.75, 3.05) is 11.1 Å². The Kier molecular flexibility index (Phi) is 5.98. The van der Waals surface area contributed by atoms with Crippen LogP contribution in [0.3, 0.4) is 0 Å². The number of nitrogens with one attached hydrogen (secondary N) is 1. The van der Waals surface area contributed by atoms with Crippen molar-refractivity contribution >= 4 is 45.9 Å². The lowest BCUT2D eigenvalue weighted by atomic mass is 10.1. The van der Waals surface area contributed by atoms with Crippen LogP contribution in [0.15, 0.2) is 47.6 Å². The molecule has 0 fully saturated rings. The first-order chi connectivity index (χ1) is 12.4. The van der Waals surface area contributed by atoms with Crippen LogP contribution < -0.4 is 5.32 Å². The molecule has 0 spiro atoms. The van der Waals surface area contributed by atoms with Crippen molar-refractivity contribution in [3.63, 3.8) is 0 Å². The maximum absolute atomic E-state index is 12.3. The Hall–Kier alpha value is -1.87. The highest BCUT2D eigenvalue weighted by atomic mass is 127. The van der Waals surface area contributed by atoms with Crippen molar-refractivity contribution in [1.82, 2.24) is 14.8 Å². The molecule has 0 radical (unpaired) electrons. The molecule has 0 unspecified atom stereocenters. The molecule has 2 aromatic carbocycles. The molecule has 3 aromatic rings. The largest absolute Gasteiger partial charge is 0.325 e. The monoisotopic (exact) mass is 478 g/mol. The standard InChI is InChI=1S/C19H19IN4OS/c1-12-5-4-6-14(9-12)18-22-23-19(24(18)3)26-11-17(25)21-16-8-7-15(20)10-13(16)2/h4-10H,11H2,1-3H3,(H,21,25). The SMILES string of the molecule is Cc1cccc(-c2nnc(SCC(=O)Nc3ccc(I)cc3C)n2C)c1. The number of aryl methyl sites for hydroxylation is 2. The van der Waals surface area contributed by atoms with E-state index in [0.29, 0.717) is 0 Å². The molecule has 1 N–H and O–H groups in total. The molecular weight excluding hydrogens is 459 g/mol. The van der Waals surface area contributed by atoms with Gasteiger partial charge in [-0.05, 0) is 66.3 Å². The molecule has 0 saturated heterocycles. The summed E-state index contributed by atoms with van der Waals surface area (Å²) in [7, 11) is 1.92. The van der Waals surface area contributed by atoms with Gasteiger partial charge in [-0.25, -0.2) is 0 Å². The number of hydrogen-bond donors (Lipinski definition) is 1. The normalized spacial score (nSPS) is 10.8. The molecule has 134 valence electrons. The second kappa shape index (κ2) is 8.22. The number of hydrogen-bond acceptors (Lipinski definition) is 4. The van der Waals surface area contributed by atoms with Gasteiger partial charge in [0, 0.05) is 21.9 Å². The molecule has 0 bridgehead atoms. The van der Waals surface area contributed by atoms with Crippen LogP contribution in [0.25, 0.3) is 11.4 Å². The third kappa shape index (κ3) is 4.45. The van der Waals surface area contributed by atoms with Crippen LogP contribution in [0.5, 0.6) is 0 Å². The van der Waals surface area contributed by atoms with E-state index in [1.54, 1.807) is 0 Å². The molecule has 1 amide bonds. The Balaban J connectivity index is 1.66. The average Bonchev–Trinajstić information content (AvgIpc) is 2.96. The predicted octanol–water partition coefficient (Wildman–Crippen LogP) is 4.43. The van der Waals surface area contributed by atoms with Crippen LogP contribution in [-0.2, 0) is 11.8 Å². The van der Waals surface area contributed by atoms with Gasteiger partial charge in [0.05, 0.1) is 5.75 Å². The van der Waals surface area contributed by atoms with Crippen molar-refractivity contribution in [3.8, 4) is 11.4 Å². The Morgan fingerprint density at radius 1 is 1.19 bits per heavy atom. The first-order valence-electron chi connectivity index (χ1n) is 8.09. The van der Waals surface area contributed by atoms with Crippen molar-refractivity contribution in [3.05, 3.63) is 57.2 Å². The molecule has 26 heavy (non-hydrogen) atoms. The first kappa shape index (κ1) is 18.9. The number of rotatable bonds is 5. The molecule has 0 saturated carbocycles. The molecule has 0 aliphatic heterocycles. The highest BCUT2D eigenvalue weighted by Crippen LogP contribution is 2.24. The first-order valence-corrected chi connectivity index (χ1v) is 10.2. The van der Waals surface area contributed by atoms with Gasteiger partial charge in [-0.2, -0.15) is 0 Å². The lowest BCUT2D eigenvalue weighted by Gasteiger charge is -2.08. The Morgan fingerprint density at radius 3 is 2.73 bits per heavy atom. The van der Waals surface area contributed by atoms with E-state index in [4.69, 9.17) is 0 Å². The molecule has 0 atom stereocenters. The van der Waals surface area contributed by atoms with Gasteiger partial charge in [0.1, 0.15) is 0 Å². The predicted molar refractivity (Wildman–Crippen MR) is 114 cm³/mol.